The summed E-state index contributed by atoms with van der Waals surface area (Å²) in [7, 11) is -3.53. The second-order valence-corrected chi connectivity index (χ2v) is 6.98. The van der Waals surface area contributed by atoms with Crippen LogP contribution in [-0.4, -0.2) is 63.4 Å². The molecule has 0 amide bonds. The van der Waals surface area contributed by atoms with E-state index in [1.54, 1.807) is 0 Å². The second-order valence-electron chi connectivity index (χ2n) is 5.04. The SMILES string of the molecule is NCCOCCO[C@@H]1CCN(S(=O)(=O)c2ccc(O)cc2)C1. The van der Waals surface area contributed by atoms with Crippen LogP contribution in [-0.2, 0) is 19.5 Å². The monoisotopic (exact) mass is 330 g/mol. The molecule has 0 radical (unpaired) electrons. The predicted molar refractivity (Wildman–Crippen MR) is 81.1 cm³/mol. The zero-order chi connectivity index (χ0) is 16.0. The van der Waals surface area contributed by atoms with E-state index in [4.69, 9.17) is 15.2 Å². The maximum absolute atomic E-state index is 12.5. The van der Waals surface area contributed by atoms with Crippen LogP contribution in [0.2, 0.25) is 0 Å². The molecular formula is C14H22N2O5S. The standard InChI is InChI=1S/C14H22N2O5S/c15-6-8-20-9-10-21-13-5-7-16(11-13)22(18,19)14-3-1-12(17)2-4-14/h1-4,13,17H,5-11,15H2/t13-/m1/s1. The second kappa shape index (κ2) is 7.89. The van der Waals surface area contributed by atoms with Gasteiger partial charge in [-0.05, 0) is 30.7 Å². The van der Waals surface area contributed by atoms with Gasteiger partial charge in [0, 0.05) is 19.6 Å². The maximum atomic E-state index is 12.5. The van der Waals surface area contributed by atoms with Gasteiger partial charge in [-0.1, -0.05) is 0 Å². The van der Waals surface area contributed by atoms with E-state index in [9.17, 15) is 13.5 Å². The maximum Gasteiger partial charge on any atom is 0.243 e. The molecule has 2 rings (SSSR count). The molecule has 124 valence electrons. The third kappa shape index (κ3) is 4.40. The number of hydrogen-bond donors (Lipinski definition) is 2. The minimum absolute atomic E-state index is 0.0408. The molecule has 1 aromatic rings. The van der Waals surface area contributed by atoms with Crippen molar-refractivity contribution < 1.29 is 23.0 Å². The van der Waals surface area contributed by atoms with E-state index in [1.807, 2.05) is 0 Å². The average molecular weight is 330 g/mol. The molecule has 0 aliphatic carbocycles. The number of sulfonamides is 1. The van der Waals surface area contributed by atoms with Crippen molar-refractivity contribution in [2.45, 2.75) is 17.4 Å². The van der Waals surface area contributed by atoms with E-state index in [0.29, 0.717) is 45.9 Å². The topological polar surface area (TPSA) is 102 Å². The number of hydrogen-bond acceptors (Lipinski definition) is 6. The molecule has 0 spiro atoms. The lowest BCUT2D eigenvalue weighted by atomic mass is 10.3. The van der Waals surface area contributed by atoms with Gasteiger partial charge in [0.2, 0.25) is 10.0 Å². The lowest BCUT2D eigenvalue weighted by Crippen LogP contribution is -2.30. The summed E-state index contributed by atoms with van der Waals surface area (Å²) < 4.78 is 37.2. The first-order chi connectivity index (χ1) is 10.5. The number of ether oxygens (including phenoxy) is 2. The Morgan fingerprint density at radius 2 is 1.95 bits per heavy atom. The molecule has 8 heteroatoms. The minimum Gasteiger partial charge on any atom is -0.508 e. The van der Waals surface area contributed by atoms with Crippen molar-refractivity contribution in [3.05, 3.63) is 24.3 Å². The highest BCUT2D eigenvalue weighted by Crippen LogP contribution is 2.23. The van der Waals surface area contributed by atoms with E-state index < -0.39 is 10.0 Å². The highest BCUT2D eigenvalue weighted by molar-refractivity contribution is 7.89. The van der Waals surface area contributed by atoms with Crippen LogP contribution in [0.1, 0.15) is 6.42 Å². The van der Waals surface area contributed by atoms with Crippen molar-refractivity contribution in [2.24, 2.45) is 5.73 Å². The summed E-state index contributed by atoms with van der Waals surface area (Å²) in [5.41, 5.74) is 5.31. The van der Waals surface area contributed by atoms with Crippen LogP contribution >= 0.6 is 0 Å². The highest BCUT2D eigenvalue weighted by Gasteiger charge is 2.32. The van der Waals surface area contributed by atoms with Crippen LogP contribution in [0.4, 0.5) is 0 Å². The number of phenolic OH excluding ortho intramolecular Hbond substituents is 1. The lowest BCUT2D eigenvalue weighted by Gasteiger charge is -2.17. The molecule has 1 heterocycles. The van der Waals surface area contributed by atoms with Crippen LogP contribution in [0, 0.1) is 0 Å². The Kier molecular flexibility index (Phi) is 6.16. The summed E-state index contributed by atoms with van der Waals surface area (Å²) in [6.45, 7) is 2.62. The Morgan fingerprint density at radius 3 is 2.64 bits per heavy atom. The van der Waals surface area contributed by atoms with Gasteiger partial charge in [-0.2, -0.15) is 4.31 Å². The first-order valence-corrected chi connectivity index (χ1v) is 8.66. The largest absolute Gasteiger partial charge is 0.508 e. The Bertz CT molecular complexity index is 561. The lowest BCUT2D eigenvalue weighted by molar-refractivity contribution is 0.0131. The van der Waals surface area contributed by atoms with E-state index in [1.165, 1.54) is 28.6 Å². The molecule has 1 atom stereocenters. The highest BCUT2D eigenvalue weighted by atomic mass is 32.2. The van der Waals surface area contributed by atoms with Gasteiger partial charge in [0.25, 0.3) is 0 Å². The molecule has 1 aliphatic heterocycles. The first-order valence-electron chi connectivity index (χ1n) is 7.22. The Hall–Kier alpha value is -1.19. The minimum atomic E-state index is -3.53. The van der Waals surface area contributed by atoms with Gasteiger partial charge in [0.05, 0.1) is 30.8 Å². The number of aromatic hydroxyl groups is 1. The molecule has 0 saturated carbocycles. The van der Waals surface area contributed by atoms with Crippen molar-refractivity contribution >= 4 is 10.0 Å². The summed E-state index contributed by atoms with van der Waals surface area (Å²) in [4.78, 5) is 0.178. The fourth-order valence-electron chi connectivity index (χ4n) is 2.28. The van der Waals surface area contributed by atoms with Gasteiger partial charge in [-0.15, -0.1) is 0 Å². The average Bonchev–Trinajstić information content (AvgIpc) is 2.97. The molecule has 0 unspecified atom stereocenters. The molecule has 0 aromatic heterocycles. The number of nitrogens with two attached hydrogens (primary N) is 1. The van der Waals surface area contributed by atoms with Crippen LogP contribution in [0.25, 0.3) is 0 Å². The van der Waals surface area contributed by atoms with Crippen LogP contribution in [0.5, 0.6) is 5.75 Å². The van der Waals surface area contributed by atoms with Crippen molar-refractivity contribution in [1.29, 1.82) is 0 Å². The summed E-state index contributed by atoms with van der Waals surface area (Å²) in [6, 6.07) is 5.54. The zero-order valence-corrected chi connectivity index (χ0v) is 13.2. The van der Waals surface area contributed by atoms with Crippen LogP contribution in [0.15, 0.2) is 29.2 Å². The van der Waals surface area contributed by atoms with Crippen LogP contribution in [0.3, 0.4) is 0 Å². The first kappa shape index (κ1) is 17.2. The fourth-order valence-corrected chi connectivity index (χ4v) is 3.76. The summed E-state index contributed by atoms with van der Waals surface area (Å²) in [5, 5.41) is 9.24. The van der Waals surface area contributed by atoms with Gasteiger partial charge in [0.1, 0.15) is 5.75 Å². The van der Waals surface area contributed by atoms with Gasteiger partial charge in [0.15, 0.2) is 0 Å². The van der Waals surface area contributed by atoms with Crippen molar-refractivity contribution in [2.75, 3.05) is 39.5 Å². The summed E-state index contributed by atoms with van der Waals surface area (Å²) in [6.07, 6.45) is 0.544. The predicted octanol–water partition coefficient (Wildman–Crippen LogP) is 0.147. The van der Waals surface area contributed by atoms with Gasteiger partial charge in [-0.25, -0.2) is 8.42 Å². The zero-order valence-electron chi connectivity index (χ0n) is 12.3. The van der Waals surface area contributed by atoms with Gasteiger partial charge < -0.3 is 20.3 Å². The normalized spacial score (nSPS) is 19.6. The van der Waals surface area contributed by atoms with Crippen molar-refractivity contribution in [1.82, 2.24) is 4.31 Å². The Morgan fingerprint density at radius 1 is 1.23 bits per heavy atom. The van der Waals surface area contributed by atoms with E-state index in [0.717, 1.165) is 0 Å². The molecule has 1 saturated heterocycles. The molecule has 1 aliphatic rings. The fraction of sp³-hybridized carbons (Fsp3) is 0.571. The van der Waals surface area contributed by atoms with Crippen LogP contribution < -0.4 is 5.73 Å². The number of rotatable bonds is 8. The smallest absolute Gasteiger partial charge is 0.243 e. The van der Waals surface area contributed by atoms with Crippen molar-refractivity contribution in [3.8, 4) is 5.75 Å². The molecular weight excluding hydrogens is 308 g/mol. The quantitative estimate of drug-likeness (QED) is 0.658. The van der Waals surface area contributed by atoms with E-state index in [-0.39, 0.29) is 16.7 Å². The van der Waals surface area contributed by atoms with Crippen molar-refractivity contribution in [3.63, 3.8) is 0 Å². The summed E-state index contributed by atoms with van der Waals surface area (Å²) in [5.74, 6) is 0.0408. The van der Waals surface area contributed by atoms with Gasteiger partial charge in [-0.3, -0.25) is 0 Å². The molecule has 3 N–H and O–H groups in total. The number of phenols is 1. The Balaban J connectivity index is 1.85. The Labute approximate surface area is 130 Å². The molecule has 1 aromatic carbocycles. The molecule has 0 bridgehead atoms. The van der Waals surface area contributed by atoms with E-state index >= 15 is 0 Å². The number of benzene rings is 1. The van der Waals surface area contributed by atoms with Gasteiger partial charge >= 0.3 is 0 Å². The third-order valence-corrected chi connectivity index (χ3v) is 5.31. The van der Waals surface area contributed by atoms with E-state index in [2.05, 4.69) is 0 Å². The molecule has 1 fully saturated rings. The number of nitrogens with zero attached hydrogens (tertiary/aromatic N) is 1. The molecule has 22 heavy (non-hydrogen) atoms. The third-order valence-electron chi connectivity index (χ3n) is 3.43. The summed E-state index contributed by atoms with van der Waals surface area (Å²) >= 11 is 0. The molecule has 7 nitrogen and oxygen atoms in total.